The average molecular weight is 580 g/mol. The Bertz CT molecular complexity index is 1870. The Morgan fingerprint density at radius 1 is 0.791 bits per heavy atom. The molecule has 0 aliphatic carbocycles. The Morgan fingerprint density at radius 3 is 2.12 bits per heavy atom. The van der Waals surface area contributed by atoms with Crippen LogP contribution in [0.5, 0.6) is 28.7 Å². The van der Waals surface area contributed by atoms with Gasteiger partial charge in [0, 0.05) is 5.56 Å². The summed E-state index contributed by atoms with van der Waals surface area (Å²) in [4.78, 5) is 31.3. The number of para-hydroxylation sites is 1. The highest BCUT2D eigenvalue weighted by Crippen LogP contribution is 2.39. The number of carbonyl (C=O) groups excluding carboxylic acids is 1. The third-order valence-corrected chi connectivity index (χ3v) is 6.68. The molecule has 0 bridgehead atoms. The highest BCUT2D eigenvalue weighted by atomic mass is 16.6. The van der Waals surface area contributed by atoms with Crippen LogP contribution in [-0.2, 0) is 0 Å². The maximum atomic E-state index is 13.5. The SMILES string of the molecule is COc1cc(C=Nn2c(-c3ccc(C)cc3)nc3ccccc3c2=O)ccc1OC(=O)c1cc(OC)c(OC)c(OC)c1. The summed E-state index contributed by atoms with van der Waals surface area (Å²) >= 11 is 0. The molecule has 5 aromatic rings. The van der Waals surface area contributed by atoms with Crippen LogP contribution in [0.15, 0.2) is 88.8 Å². The van der Waals surface area contributed by atoms with Gasteiger partial charge < -0.3 is 23.7 Å². The number of aryl methyl sites for hydroxylation is 1. The van der Waals surface area contributed by atoms with Crippen molar-refractivity contribution in [3.63, 3.8) is 0 Å². The summed E-state index contributed by atoms with van der Waals surface area (Å²) in [5, 5.41) is 4.95. The first kappa shape index (κ1) is 28.9. The molecule has 1 heterocycles. The fraction of sp³-hybridized carbons (Fsp3) is 0.152. The van der Waals surface area contributed by atoms with Crippen molar-refractivity contribution in [3.8, 4) is 40.1 Å². The van der Waals surface area contributed by atoms with Gasteiger partial charge in [-0.2, -0.15) is 9.78 Å². The third-order valence-electron chi connectivity index (χ3n) is 6.68. The van der Waals surface area contributed by atoms with E-state index >= 15 is 0 Å². The Balaban J connectivity index is 1.48. The molecule has 1 aromatic heterocycles. The minimum atomic E-state index is -0.657. The van der Waals surface area contributed by atoms with Crippen LogP contribution in [0.1, 0.15) is 21.5 Å². The van der Waals surface area contributed by atoms with E-state index in [2.05, 4.69) is 5.10 Å². The lowest BCUT2D eigenvalue weighted by Gasteiger charge is -2.14. The fourth-order valence-electron chi connectivity index (χ4n) is 4.45. The lowest BCUT2D eigenvalue weighted by atomic mass is 10.1. The minimum absolute atomic E-state index is 0.184. The van der Waals surface area contributed by atoms with Crippen LogP contribution in [0.4, 0.5) is 0 Å². The minimum Gasteiger partial charge on any atom is -0.493 e. The number of esters is 1. The van der Waals surface area contributed by atoms with E-state index in [0.717, 1.165) is 11.1 Å². The highest BCUT2D eigenvalue weighted by Gasteiger charge is 2.20. The number of carbonyl (C=O) groups is 1. The molecule has 218 valence electrons. The van der Waals surface area contributed by atoms with Crippen LogP contribution in [0.2, 0.25) is 0 Å². The summed E-state index contributed by atoms with van der Waals surface area (Å²) in [6.07, 6.45) is 1.52. The van der Waals surface area contributed by atoms with Crippen molar-refractivity contribution in [3.05, 3.63) is 106 Å². The molecule has 0 N–H and O–H groups in total. The van der Waals surface area contributed by atoms with E-state index in [0.29, 0.717) is 39.5 Å². The molecule has 0 saturated heterocycles. The lowest BCUT2D eigenvalue weighted by Crippen LogP contribution is -2.20. The van der Waals surface area contributed by atoms with Crippen LogP contribution in [0.25, 0.3) is 22.3 Å². The third kappa shape index (κ3) is 5.89. The van der Waals surface area contributed by atoms with Crippen LogP contribution in [0.3, 0.4) is 0 Å². The molecule has 10 heteroatoms. The van der Waals surface area contributed by atoms with Gasteiger partial charge in [0.05, 0.1) is 51.1 Å². The summed E-state index contributed by atoms with van der Waals surface area (Å²) < 4.78 is 28.4. The maximum absolute atomic E-state index is 13.5. The number of hydrogen-bond acceptors (Lipinski definition) is 9. The molecular formula is C33H29N3O7. The molecule has 0 amide bonds. The van der Waals surface area contributed by atoms with Crippen molar-refractivity contribution >= 4 is 23.1 Å². The zero-order valence-electron chi connectivity index (χ0n) is 24.3. The first-order valence-electron chi connectivity index (χ1n) is 13.2. The number of benzene rings is 4. The lowest BCUT2D eigenvalue weighted by molar-refractivity contribution is 0.0728. The van der Waals surface area contributed by atoms with E-state index in [9.17, 15) is 9.59 Å². The van der Waals surface area contributed by atoms with E-state index in [-0.39, 0.29) is 22.6 Å². The molecule has 0 spiro atoms. The van der Waals surface area contributed by atoms with Crippen LogP contribution in [0, 0.1) is 6.92 Å². The van der Waals surface area contributed by atoms with Gasteiger partial charge in [-0.25, -0.2) is 9.78 Å². The molecule has 4 aromatic carbocycles. The van der Waals surface area contributed by atoms with Crippen molar-refractivity contribution in [1.82, 2.24) is 9.66 Å². The molecular weight excluding hydrogens is 550 g/mol. The largest absolute Gasteiger partial charge is 0.493 e. The maximum Gasteiger partial charge on any atom is 0.343 e. The Labute approximate surface area is 247 Å². The summed E-state index contributed by atoms with van der Waals surface area (Å²) in [5.41, 5.74) is 2.89. The second-order valence-electron chi connectivity index (χ2n) is 9.39. The normalized spacial score (nSPS) is 11.0. The molecule has 0 unspecified atom stereocenters. The number of aromatic nitrogens is 2. The van der Waals surface area contributed by atoms with Crippen molar-refractivity contribution in [2.75, 3.05) is 28.4 Å². The van der Waals surface area contributed by atoms with Gasteiger partial charge in [-0.05, 0) is 55.0 Å². The van der Waals surface area contributed by atoms with E-state index in [1.807, 2.05) is 37.3 Å². The Morgan fingerprint density at radius 2 is 1.47 bits per heavy atom. The number of methoxy groups -OCH3 is 4. The second kappa shape index (κ2) is 12.5. The molecule has 0 aliphatic rings. The van der Waals surface area contributed by atoms with Crippen molar-refractivity contribution in [1.29, 1.82) is 0 Å². The average Bonchev–Trinajstić information content (AvgIpc) is 3.04. The van der Waals surface area contributed by atoms with Crippen molar-refractivity contribution < 1.29 is 28.5 Å². The van der Waals surface area contributed by atoms with Gasteiger partial charge in [0.1, 0.15) is 0 Å². The number of rotatable bonds is 9. The van der Waals surface area contributed by atoms with Crippen molar-refractivity contribution in [2.24, 2.45) is 5.10 Å². The Kier molecular flexibility index (Phi) is 8.38. The summed E-state index contributed by atoms with van der Waals surface area (Å²) in [7, 11) is 5.85. The predicted octanol–water partition coefficient (Wildman–Crippen LogP) is 5.51. The molecule has 10 nitrogen and oxygen atoms in total. The van der Waals surface area contributed by atoms with Gasteiger partial charge in [0.2, 0.25) is 5.75 Å². The molecule has 0 fully saturated rings. The zero-order chi connectivity index (χ0) is 30.5. The van der Waals surface area contributed by atoms with Crippen LogP contribution in [-0.4, -0.2) is 50.3 Å². The molecule has 0 aliphatic heterocycles. The van der Waals surface area contributed by atoms with E-state index in [4.69, 9.17) is 28.7 Å². The predicted molar refractivity (Wildman–Crippen MR) is 163 cm³/mol. The van der Waals surface area contributed by atoms with Crippen molar-refractivity contribution in [2.45, 2.75) is 6.92 Å². The first-order chi connectivity index (χ1) is 20.9. The quantitative estimate of drug-likeness (QED) is 0.128. The zero-order valence-corrected chi connectivity index (χ0v) is 24.3. The second-order valence-corrected chi connectivity index (χ2v) is 9.39. The van der Waals surface area contributed by atoms with Crippen LogP contribution >= 0.6 is 0 Å². The van der Waals surface area contributed by atoms with Gasteiger partial charge in [0.15, 0.2) is 28.8 Å². The number of ether oxygens (including phenoxy) is 5. The Hall–Kier alpha value is -5.64. The topological polar surface area (TPSA) is 110 Å². The van der Waals surface area contributed by atoms with Gasteiger partial charge in [-0.15, -0.1) is 0 Å². The monoisotopic (exact) mass is 579 g/mol. The molecule has 0 atom stereocenters. The number of nitrogens with zero attached hydrogens (tertiary/aromatic N) is 3. The van der Waals surface area contributed by atoms with E-state index in [1.165, 1.54) is 51.5 Å². The molecule has 0 radical (unpaired) electrons. The van der Waals surface area contributed by atoms with Gasteiger partial charge in [0.25, 0.3) is 5.56 Å². The summed E-state index contributed by atoms with van der Waals surface area (Å²) in [6, 6.07) is 22.8. The van der Waals surface area contributed by atoms with E-state index < -0.39 is 5.97 Å². The van der Waals surface area contributed by atoms with Gasteiger partial charge in [-0.1, -0.05) is 42.0 Å². The summed E-state index contributed by atoms with van der Waals surface area (Å²) in [5.74, 6) is 1.20. The van der Waals surface area contributed by atoms with Crippen LogP contribution < -0.4 is 29.2 Å². The smallest absolute Gasteiger partial charge is 0.343 e. The highest BCUT2D eigenvalue weighted by molar-refractivity contribution is 5.93. The van der Waals surface area contributed by atoms with Gasteiger partial charge in [-0.3, -0.25) is 4.79 Å². The number of fused-ring (bicyclic) bond motifs is 1. The molecule has 43 heavy (non-hydrogen) atoms. The standard InChI is InChI=1S/C33H29N3O7/c1-20-10-13-22(14-11-20)31-35-25-9-7-6-8-24(25)32(37)36(31)34-19-21-12-15-26(27(16-21)39-2)43-33(38)23-17-28(40-3)30(42-5)29(18-23)41-4/h6-19H,1-5H3. The fourth-order valence-corrected chi connectivity index (χ4v) is 4.45. The van der Waals surface area contributed by atoms with Gasteiger partial charge >= 0.3 is 5.97 Å². The molecule has 0 saturated carbocycles. The van der Waals surface area contributed by atoms with E-state index in [1.54, 1.807) is 36.4 Å². The number of hydrogen-bond donors (Lipinski definition) is 0. The molecule has 5 rings (SSSR count). The first-order valence-corrected chi connectivity index (χ1v) is 13.2. The summed E-state index contributed by atoms with van der Waals surface area (Å²) in [6.45, 7) is 1.99.